The highest BCUT2D eigenvalue weighted by atomic mass is 16.5. The minimum Gasteiger partial charge on any atom is -0.497 e. The van der Waals surface area contributed by atoms with Crippen molar-refractivity contribution in [3.8, 4) is 5.75 Å². The Hall–Kier alpha value is -3.29. The molecule has 29 heavy (non-hydrogen) atoms. The maximum absolute atomic E-state index is 12.5. The van der Waals surface area contributed by atoms with Gasteiger partial charge in [0.25, 0.3) is 11.8 Å². The number of carbonyl (C=O) groups is 3. The highest BCUT2D eigenvalue weighted by molar-refractivity contribution is 5.97. The van der Waals surface area contributed by atoms with E-state index in [1.54, 1.807) is 50.2 Å². The van der Waals surface area contributed by atoms with E-state index in [1.807, 2.05) is 0 Å². The van der Waals surface area contributed by atoms with E-state index in [2.05, 4.69) is 10.6 Å². The van der Waals surface area contributed by atoms with E-state index < -0.39 is 29.9 Å². The van der Waals surface area contributed by atoms with E-state index in [4.69, 9.17) is 13.9 Å². The Kier molecular flexibility index (Phi) is 7.82. The molecule has 8 nitrogen and oxygen atoms in total. The minimum absolute atomic E-state index is 0.190. The molecule has 2 rings (SSSR count). The van der Waals surface area contributed by atoms with Gasteiger partial charge in [0.15, 0.2) is 6.10 Å². The number of ether oxygens (including phenoxy) is 2. The smallest absolute Gasteiger partial charge is 0.329 e. The minimum atomic E-state index is -1.02. The van der Waals surface area contributed by atoms with Crippen LogP contribution in [0.1, 0.15) is 36.9 Å². The number of hydrogen-bond donors (Lipinski definition) is 2. The first-order valence-corrected chi connectivity index (χ1v) is 9.27. The summed E-state index contributed by atoms with van der Waals surface area (Å²) >= 11 is 0. The van der Waals surface area contributed by atoms with Gasteiger partial charge in [-0.15, -0.1) is 0 Å². The Morgan fingerprint density at radius 3 is 2.31 bits per heavy atom. The summed E-state index contributed by atoms with van der Waals surface area (Å²) in [6.07, 6.45) is 0.487. The highest BCUT2D eigenvalue weighted by Gasteiger charge is 2.29. The number of amides is 2. The molecule has 0 fully saturated rings. The number of carbonyl (C=O) groups excluding carboxylic acids is 3. The first-order valence-electron chi connectivity index (χ1n) is 9.27. The fourth-order valence-corrected chi connectivity index (χ4v) is 2.50. The largest absolute Gasteiger partial charge is 0.497 e. The van der Waals surface area contributed by atoms with Gasteiger partial charge in [-0.3, -0.25) is 9.59 Å². The molecular formula is C21H26N2O6. The molecule has 0 unspecified atom stereocenters. The first-order chi connectivity index (χ1) is 13.8. The lowest BCUT2D eigenvalue weighted by atomic mass is 10.0. The van der Waals surface area contributed by atoms with Gasteiger partial charge >= 0.3 is 5.97 Å². The molecule has 0 aliphatic heterocycles. The van der Waals surface area contributed by atoms with Gasteiger partial charge in [0.2, 0.25) is 0 Å². The molecule has 0 radical (unpaired) electrons. The van der Waals surface area contributed by atoms with Crippen LogP contribution in [0.5, 0.6) is 5.75 Å². The van der Waals surface area contributed by atoms with Gasteiger partial charge in [-0.2, -0.15) is 0 Å². The normalized spacial score (nSPS) is 12.7. The van der Waals surface area contributed by atoms with Crippen molar-refractivity contribution in [1.82, 2.24) is 10.6 Å². The van der Waals surface area contributed by atoms with Crippen molar-refractivity contribution in [3.63, 3.8) is 0 Å². The summed E-state index contributed by atoms with van der Waals surface area (Å²) in [5.74, 6) is -0.581. The molecule has 0 aliphatic rings. The first kappa shape index (κ1) is 22.0. The van der Waals surface area contributed by atoms with Gasteiger partial charge in [-0.25, -0.2) is 4.79 Å². The number of nitrogens with one attached hydrogen (secondary N) is 2. The topological polar surface area (TPSA) is 107 Å². The van der Waals surface area contributed by atoms with Gasteiger partial charge < -0.3 is 24.5 Å². The zero-order chi connectivity index (χ0) is 21.4. The fourth-order valence-electron chi connectivity index (χ4n) is 2.50. The van der Waals surface area contributed by atoms with E-state index in [-0.39, 0.29) is 12.5 Å². The molecule has 2 atom stereocenters. The van der Waals surface area contributed by atoms with Gasteiger partial charge in [0.1, 0.15) is 17.6 Å². The maximum Gasteiger partial charge on any atom is 0.329 e. The lowest BCUT2D eigenvalue weighted by Gasteiger charge is -2.23. The number of rotatable bonds is 9. The molecule has 2 N–H and O–H groups in total. The number of esters is 1. The second-order valence-electron chi connectivity index (χ2n) is 6.80. The molecule has 0 bridgehead atoms. The van der Waals surface area contributed by atoms with Crippen LogP contribution < -0.4 is 15.4 Å². The second-order valence-corrected chi connectivity index (χ2v) is 6.80. The summed E-state index contributed by atoms with van der Waals surface area (Å²) in [6, 6.07) is 9.05. The van der Waals surface area contributed by atoms with E-state index in [0.717, 1.165) is 0 Å². The van der Waals surface area contributed by atoms with E-state index in [0.29, 0.717) is 17.1 Å². The van der Waals surface area contributed by atoms with Crippen molar-refractivity contribution in [3.05, 3.63) is 54.0 Å². The summed E-state index contributed by atoms with van der Waals surface area (Å²) < 4.78 is 15.5. The Morgan fingerprint density at radius 1 is 1.07 bits per heavy atom. The van der Waals surface area contributed by atoms with E-state index >= 15 is 0 Å². The molecular weight excluding hydrogens is 376 g/mol. The number of hydrogen-bond acceptors (Lipinski definition) is 6. The summed E-state index contributed by atoms with van der Waals surface area (Å²) in [7, 11) is 1.53. The molecule has 0 saturated carbocycles. The predicted octanol–water partition coefficient (Wildman–Crippen LogP) is 2.29. The van der Waals surface area contributed by atoms with Crippen LogP contribution in [0, 0.1) is 5.92 Å². The Labute approximate surface area is 169 Å². The SMILES string of the molecule is COc1ccc(C(=O)N[C@H](C(=O)O[C@@H](C)C(=O)NCc2ccco2)C(C)C)cc1. The average molecular weight is 402 g/mol. The Morgan fingerprint density at radius 2 is 1.76 bits per heavy atom. The van der Waals surface area contributed by atoms with Crippen LogP contribution in [-0.2, 0) is 20.9 Å². The third kappa shape index (κ3) is 6.38. The molecule has 0 spiro atoms. The van der Waals surface area contributed by atoms with E-state index in [1.165, 1.54) is 20.3 Å². The molecule has 2 amide bonds. The molecule has 0 aliphatic carbocycles. The Bertz CT molecular complexity index is 814. The zero-order valence-corrected chi connectivity index (χ0v) is 16.9. The molecule has 8 heteroatoms. The standard InChI is InChI=1S/C21H26N2O6/c1-13(2)18(23-20(25)15-7-9-16(27-4)10-8-15)21(26)29-14(3)19(24)22-12-17-6-5-11-28-17/h5-11,13-14,18H,12H2,1-4H3,(H,22,24)(H,23,25)/t14-,18-/m0/s1. The average Bonchev–Trinajstić information content (AvgIpc) is 3.23. The third-order valence-corrected chi connectivity index (χ3v) is 4.24. The molecule has 1 heterocycles. The van der Waals surface area contributed by atoms with Crippen LogP contribution in [0.15, 0.2) is 47.1 Å². The quantitative estimate of drug-likeness (QED) is 0.623. The lowest BCUT2D eigenvalue weighted by Crippen LogP contribution is -2.47. The van der Waals surface area contributed by atoms with Crippen LogP contribution in [0.3, 0.4) is 0 Å². The van der Waals surface area contributed by atoms with Crippen LogP contribution in [0.4, 0.5) is 0 Å². The van der Waals surface area contributed by atoms with Crippen molar-refractivity contribution < 1.29 is 28.3 Å². The highest BCUT2D eigenvalue weighted by Crippen LogP contribution is 2.13. The predicted molar refractivity (Wildman–Crippen MR) is 105 cm³/mol. The van der Waals surface area contributed by atoms with Crippen LogP contribution >= 0.6 is 0 Å². The van der Waals surface area contributed by atoms with Crippen LogP contribution in [0.2, 0.25) is 0 Å². The van der Waals surface area contributed by atoms with Crippen LogP contribution in [-0.4, -0.2) is 37.0 Å². The monoisotopic (exact) mass is 402 g/mol. The molecule has 1 aromatic carbocycles. The fraction of sp³-hybridized carbons (Fsp3) is 0.381. The summed E-state index contributed by atoms with van der Waals surface area (Å²) in [4.78, 5) is 37.2. The third-order valence-electron chi connectivity index (χ3n) is 4.24. The van der Waals surface area contributed by atoms with E-state index in [9.17, 15) is 14.4 Å². The Balaban J connectivity index is 1.93. The van der Waals surface area contributed by atoms with Gasteiger partial charge in [-0.05, 0) is 49.2 Å². The second kappa shape index (κ2) is 10.3. The molecule has 156 valence electrons. The van der Waals surface area contributed by atoms with Crippen molar-refractivity contribution in [1.29, 1.82) is 0 Å². The van der Waals surface area contributed by atoms with Gasteiger partial charge in [-0.1, -0.05) is 13.8 Å². The van der Waals surface area contributed by atoms with Crippen molar-refractivity contribution in [2.75, 3.05) is 7.11 Å². The van der Waals surface area contributed by atoms with Crippen molar-refractivity contribution in [2.45, 2.75) is 39.5 Å². The lowest BCUT2D eigenvalue weighted by molar-refractivity contribution is -0.157. The van der Waals surface area contributed by atoms with Crippen molar-refractivity contribution >= 4 is 17.8 Å². The number of methoxy groups -OCH3 is 1. The maximum atomic E-state index is 12.5. The summed E-state index contributed by atoms with van der Waals surface area (Å²) in [5.41, 5.74) is 0.383. The number of benzene rings is 1. The van der Waals surface area contributed by atoms with Gasteiger partial charge in [0, 0.05) is 5.56 Å². The molecule has 1 aromatic heterocycles. The molecule has 0 saturated heterocycles. The summed E-state index contributed by atoms with van der Waals surface area (Å²) in [5, 5.41) is 5.29. The zero-order valence-electron chi connectivity index (χ0n) is 16.9. The van der Waals surface area contributed by atoms with Crippen molar-refractivity contribution in [2.24, 2.45) is 5.92 Å². The summed E-state index contributed by atoms with van der Waals surface area (Å²) in [6.45, 7) is 5.22. The van der Waals surface area contributed by atoms with Crippen LogP contribution in [0.25, 0.3) is 0 Å². The molecule has 2 aromatic rings. The van der Waals surface area contributed by atoms with Gasteiger partial charge in [0.05, 0.1) is 19.9 Å². The number of furan rings is 1.